The Bertz CT molecular complexity index is 174. The number of aromatic amines is 1. The Morgan fingerprint density at radius 2 is 2.62 bits per heavy atom. The maximum Gasteiger partial charge on any atom is 0.269 e. The van der Waals surface area contributed by atoms with Crippen molar-refractivity contribution in [3.05, 3.63) is 12.3 Å². The number of ether oxygens (including phenoxy) is 1. The molecule has 0 saturated carbocycles. The number of nitrogens with one attached hydrogen (secondary N) is 1. The SMILES string of the molecule is COc1nc[nH]c1F. The summed E-state index contributed by atoms with van der Waals surface area (Å²) in [5.74, 6) is -0.530. The number of rotatable bonds is 1. The van der Waals surface area contributed by atoms with Gasteiger partial charge in [0.15, 0.2) is 0 Å². The van der Waals surface area contributed by atoms with Crippen LogP contribution in [0.15, 0.2) is 6.33 Å². The fraction of sp³-hybridized carbons (Fsp3) is 0.250. The van der Waals surface area contributed by atoms with Crippen molar-refractivity contribution >= 4 is 0 Å². The van der Waals surface area contributed by atoms with Crippen molar-refractivity contribution in [2.45, 2.75) is 0 Å². The molecule has 0 aliphatic rings. The lowest BCUT2D eigenvalue weighted by atomic mass is 10.8. The Kier molecular flexibility index (Phi) is 1.15. The van der Waals surface area contributed by atoms with Crippen molar-refractivity contribution in [1.29, 1.82) is 0 Å². The number of methoxy groups -OCH3 is 1. The molecule has 1 rings (SSSR count). The fourth-order valence-electron chi connectivity index (χ4n) is 0.408. The van der Waals surface area contributed by atoms with Gasteiger partial charge in [-0.3, -0.25) is 0 Å². The van der Waals surface area contributed by atoms with E-state index in [2.05, 4.69) is 14.7 Å². The average Bonchev–Trinajstić information content (AvgIpc) is 2.14. The van der Waals surface area contributed by atoms with Crippen molar-refractivity contribution in [2.75, 3.05) is 7.11 Å². The van der Waals surface area contributed by atoms with E-state index in [0.717, 1.165) is 0 Å². The lowest BCUT2D eigenvalue weighted by molar-refractivity contribution is 0.370. The molecule has 1 aromatic rings. The Morgan fingerprint density at radius 3 is 2.88 bits per heavy atom. The van der Waals surface area contributed by atoms with Gasteiger partial charge in [0.1, 0.15) is 0 Å². The lowest BCUT2D eigenvalue weighted by Gasteiger charge is -1.87. The van der Waals surface area contributed by atoms with Gasteiger partial charge in [0.25, 0.3) is 11.8 Å². The molecular formula is C4H5FN2O. The minimum Gasteiger partial charge on any atom is -0.478 e. The predicted octanol–water partition coefficient (Wildman–Crippen LogP) is 0.557. The lowest BCUT2D eigenvalue weighted by Crippen LogP contribution is -1.84. The molecule has 4 heteroatoms. The highest BCUT2D eigenvalue weighted by Gasteiger charge is 2.00. The summed E-state index contributed by atoms with van der Waals surface area (Å²) in [5, 5.41) is 0. The van der Waals surface area contributed by atoms with Crippen molar-refractivity contribution in [3.63, 3.8) is 0 Å². The Balaban J connectivity index is 2.92. The largest absolute Gasteiger partial charge is 0.478 e. The van der Waals surface area contributed by atoms with Gasteiger partial charge < -0.3 is 9.72 Å². The van der Waals surface area contributed by atoms with Crippen molar-refractivity contribution in [1.82, 2.24) is 9.97 Å². The van der Waals surface area contributed by atoms with Crippen molar-refractivity contribution in [2.24, 2.45) is 0 Å². The predicted molar refractivity (Wildman–Crippen MR) is 25.1 cm³/mol. The van der Waals surface area contributed by atoms with Gasteiger partial charge in [0, 0.05) is 0 Å². The second kappa shape index (κ2) is 1.81. The normalized spacial score (nSPS) is 9.25. The molecule has 1 heterocycles. The minimum atomic E-state index is -0.535. The quantitative estimate of drug-likeness (QED) is 0.582. The van der Waals surface area contributed by atoms with E-state index in [-0.39, 0.29) is 5.88 Å². The third-order valence-electron chi connectivity index (χ3n) is 0.754. The van der Waals surface area contributed by atoms with E-state index < -0.39 is 5.95 Å². The first-order valence-corrected chi connectivity index (χ1v) is 2.07. The van der Waals surface area contributed by atoms with Crippen molar-refractivity contribution in [3.8, 4) is 5.88 Å². The van der Waals surface area contributed by atoms with Crippen LogP contribution in [0.1, 0.15) is 0 Å². The summed E-state index contributed by atoms with van der Waals surface area (Å²) in [4.78, 5) is 5.70. The molecule has 1 aromatic heterocycles. The molecule has 0 bridgehead atoms. The van der Waals surface area contributed by atoms with Gasteiger partial charge in [-0.25, -0.2) is 0 Å². The highest BCUT2D eigenvalue weighted by atomic mass is 19.1. The van der Waals surface area contributed by atoms with Crippen LogP contribution in [0.5, 0.6) is 5.88 Å². The van der Waals surface area contributed by atoms with Gasteiger partial charge in [-0.05, 0) is 0 Å². The maximum absolute atomic E-state index is 12.1. The molecule has 0 atom stereocenters. The minimum absolute atomic E-state index is 0.00463. The van der Waals surface area contributed by atoms with Gasteiger partial charge in [0.05, 0.1) is 13.4 Å². The molecule has 3 nitrogen and oxygen atoms in total. The second-order valence-corrected chi connectivity index (χ2v) is 1.23. The monoisotopic (exact) mass is 116 g/mol. The first-order valence-electron chi connectivity index (χ1n) is 2.07. The number of hydrogen-bond acceptors (Lipinski definition) is 2. The average molecular weight is 116 g/mol. The summed E-state index contributed by atoms with van der Waals surface area (Å²) < 4.78 is 16.6. The van der Waals surface area contributed by atoms with E-state index in [4.69, 9.17) is 0 Å². The molecule has 1 N–H and O–H groups in total. The van der Waals surface area contributed by atoms with E-state index in [0.29, 0.717) is 0 Å². The summed E-state index contributed by atoms with van der Waals surface area (Å²) in [6.45, 7) is 0. The highest BCUT2D eigenvalue weighted by Crippen LogP contribution is 2.06. The standard InChI is InChI=1S/C4H5FN2O/c1-8-4-3(5)6-2-7-4/h2H,1H3,(H,6,7). The Morgan fingerprint density at radius 1 is 1.88 bits per heavy atom. The number of nitrogens with zero attached hydrogens (tertiary/aromatic N) is 1. The molecule has 0 unspecified atom stereocenters. The van der Waals surface area contributed by atoms with Crippen LogP contribution in [0.2, 0.25) is 0 Å². The fourth-order valence-corrected chi connectivity index (χ4v) is 0.408. The van der Waals surface area contributed by atoms with Crippen LogP contribution in [-0.4, -0.2) is 17.1 Å². The summed E-state index contributed by atoms with van der Waals surface area (Å²) >= 11 is 0. The maximum atomic E-state index is 12.1. The number of H-pyrrole nitrogens is 1. The number of halogens is 1. The molecule has 0 radical (unpaired) electrons. The van der Waals surface area contributed by atoms with Crippen LogP contribution in [0.4, 0.5) is 4.39 Å². The van der Waals surface area contributed by atoms with Gasteiger partial charge in [-0.2, -0.15) is 9.37 Å². The Hall–Kier alpha value is -1.06. The summed E-state index contributed by atoms with van der Waals surface area (Å²) in [6.07, 6.45) is 1.23. The first kappa shape index (κ1) is 5.08. The van der Waals surface area contributed by atoms with Crippen LogP contribution in [-0.2, 0) is 0 Å². The molecular weight excluding hydrogens is 111 g/mol. The summed E-state index contributed by atoms with van der Waals surface area (Å²) in [7, 11) is 1.36. The second-order valence-electron chi connectivity index (χ2n) is 1.23. The van der Waals surface area contributed by atoms with E-state index in [1.54, 1.807) is 0 Å². The molecule has 0 aliphatic carbocycles. The Labute approximate surface area is 45.5 Å². The smallest absolute Gasteiger partial charge is 0.269 e. The topological polar surface area (TPSA) is 37.9 Å². The number of hydrogen-bond donors (Lipinski definition) is 1. The van der Waals surface area contributed by atoms with Gasteiger partial charge in [-0.15, -0.1) is 0 Å². The third kappa shape index (κ3) is 0.641. The molecule has 0 aromatic carbocycles. The highest BCUT2D eigenvalue weighted by molar-refractivity contribution is 5.03. The first-order chi connectivity index (χ1) is 3.84. The summed E-state index contributed by atoms with van der Waals surface area (Å²) in [6, 6.07) is 0. The zero-order valence-corrected chi connectivity index (χ0v) is 4.31. The molecule has 44 valence electrons. The number of imidazole rings is 1. The molecule has 0 spiro atoms. The third-order valence-corrected chi connectivity index (χ3v) is 0.754. The van der Waals surface area contributed by atoms with Gasteiger partial charge >= 0.3 is 0 Å². The molecule has 0 aliphatic heterocycles. The van der Waals surface area contributed by atoms with Crippen LogP contribution < -0.4 is 4.74 Å². The zero-order valence-electron chi connectivity index (χ0n) is 4.31. The zero-order chi connectivity index (χ0) is 5.98. The van der Waals surface area contributed by atoms with Crippen molar-refractivity contribution < 1.29 is 9.13 Å². The summed E-state index contributed by atoms with van der Waals surface area (Å²) in [5.41, 5.74) is 0. The van der Waals surface area contributed by atoms with E-state index in [9.17, 15) is 4.39 Å². The molecule has 0 saturated heterocycles. The van der Waals surface area contributed by atoms with Crippen LogP contribution in [0.25, 0.3) is 0 Å². The van der Waals surface area contributed by atoms with Gasteiger partial charge in [0.2, 0.25) is 0 Å². The van der Waals surface area contributed by atoms with Gasteiger partial charge in [-0.1, -0.05) is 0 Å². The number of aromatic nitrogens is 2. The molecule has 0 amide bonds. The van der Waals surface area contributed by atoms with E-state index >= 15 is 0 Å². The molecule has 8 heavy (non-hydrogen) atoms. The van der Waals surface area contributed by atoms with Crippen LogP contribution in [0, 0.1) is 5.95 Å². The van der Waals surface area contributed by atoms with Crippen LogP contribution >= 0.6 is 0 Å². The van der Waals surface area contributed by atoms with E-state index in [1.807, 2.05) is 0 Å². The molecule has 0 fully saturated rings. The van der Waals surface area contributed by atoms with Crippen LogP contribution in [0.3, 0.4) is 0 Å². The van der Waals surface area contributed by atoms with E-state index in [1.165, 1.54) is 13.4 Å².